The minimum absolute atomic E-state index is 0.00516. The fraction of sp³-hybridized carbons (Fsp3) is 0.611. The number of rotatable bonds is 7. The Balaban J connectivity index is 1.62. The molecule has 1 N–H and O–H groups in total. The minimum Gasteiger partial charge on any atom is -0.497 e. The van der Waals surface area contributed by atoms with Gasteiger partial charge in [-0.25, -0.2) is 4.79 Å². The van der Waals surface area contributed by atoms with E-state index >= 15 is 0 Å². The maximum Gasteiger partial charge on any atom is 0.317 e. The smallest absolute Gasteiger partial charge is 0.317 e. The van der Waals surface area contributed by atoms with Crippen LogP contribution < -0.4 is 10.1 Å². The van der Waals surface area contributed by atoms with Gasteiger partial charge >= 0.3 is 6.03 Å². The normalized spacial score (nSPS) is 15.2. The SMILES string of the molecule is COc1ccc(CCNC(=O)N(C)CCC2CCOCC2)cc1. The van der Waals surface area contributed by atoms with Crippen molar-refractivity contribution in [1.29, 1.82) is 0 Å². The Hall–Kier alpha value is -1.75. The molecule has 1 aromatic rings. The van der Waals surface area contributed by atoms with Gasteiger partial charge in [-0.2, -0.15) is 0 Å². The van der Waals surface area contributed by atoms with E-state index < -0.39 is 0 Å². The Labute approximate surface area is 139 Å². The first-order valence-corrected chi connectivity index (χ1v) is 8.38. The number of nitrogens with zero attached hydrogens (tertiary/aromatic N) is 1. The molecule has 1 aliphatic heterocycles. The second-order valence-electron chi connectivity index (χ2n) is 6.10. The topological polar surface area (TPSA) is 50.8 Å². The monoisotopic (exact) mass is 320 g/mol. The zero-order valence-electron chi connectivity index (χ0n) is 14.2. The highest BCUT2D eigenvalue weighted by atomic mass is 16.5. The van der Waals surface area contributed by atoms with E-state index in [9.17, 15) is 4.79 Å². The third-order valence-corrected chi connectivity index (χ3v) is 4.41. The summed E-state index contributed by atoms with van der Waals surface area (Å²) < 4.78 is 10.5. The highest BCUT2D eigenvalue weighted by molar-refractivity contribution is 5.73. The lowest BCUT2D eigenvalue weighted by Gasteiger charge is -2.25. The van der Waals surface area contributed by atoms with Crippen LogP contribution in [0.4, 0.5) is 4.79 Å². The van der Waals surface area contributed by atoms with Crippen molar-refractivity contribution in [2.75, 3.05) is 40.5 Å². The average Bonchev–Trinajstić information content (AvgIpc) is 2.61. The fourth-order valence-electron chi connectivity index (χ4n) is 2.75. The molecule has 0 radical (unpaired) electrons. The Morgan fingerprint density at radius 3 is 2.65 bits per heavy atom. The first-order valence-electron chi connectivity index (χ1n) is 8.38. The van der Waals surface area contributed by atoms with Crippen LogP contribution in [-0.2, 0) is 11.2 Å². The average molecular weight is 320 g/mol. The van der Waals surface area contributed by atoms with E-state index in [4.69, 9.17) is 9.47 Å². The van der Waals surface area contributed by atoms with Crippen LogP contribution in [0.25, 0.3) is 0 Å². The Morgan fingerprint density at radius 2 is 2.00 bits per heavy atom. The van der Waals surface area contributed by atoms with Crippen molar-refractivity contribution in [3.63, 3.8) is 0 Å². The van der Waals surface area contributed by atoms with Crippen molar-refractivity contribution in [2.45, 2.75) is 25.7 Å². The summed E-state index contributed by atoms with van der Waals surface area (Å²) in [4.78, 5) is 13.9. The van der Waals surface area contributed by atoms with Crippen LogP contribution in [0.15, 0.2) is 24.3 Å². The van der Waals surface area contributed by atoms with E-state index in [-0.39, 0.29) is 6.03 Å². The number of nitrogens with one attached hydrogen (secondary N) is 1. The lowest BCUT2D eigenvalue weighted by molar-refractivity contribution is 0.0619. The zero-order valence-corrected chi connectivity index (χ0v) is 14.2. The molecule has 5 heteroatoms. The van der Waals surface area contributed by atoms with Gasteiger partial charge in [-0.1, -0.05) is 12.1 Å². The van der Waals surface area contributed by atoms with Crippen LogP contribution >= 0.6 is 0 Å². The van der Waals surface area contributed by atoms with Crippen LogP contribution in [-0.4, -0.2) is 51.4 Å². The molecule has 2 rings (SSSR count). The van der Waals surface area contributed by atoms with Crippen molar-refractivity contribution in [2.24, 2.45) is 5.92 Å². The minimum atomic E-state index is 0.00516. The molecule has 1 saturated heterocycles. The maximum absolute atomic E-state index is 12.1. The van der Waals surface area contributed by atoms with E-state index in [0.29, 0.717) is 12.5 Å². The van der Waals surface area contributed by atoms with E-state index in [0.717, 1.165) is 51.2 Å². The molecule has 0 saturated carbocycles. The molecule has 1 aliphatic rings. The van der Waals surface area contributed by atoms with Crippen molar-refractivity contribution in [3.05, 3.63) is 29.8 Å². The molecule has 0 bridgehead atoms. The number of hydrogen-bond acceptors (Lipinski definition) is 3. The van der Waals surface area contributed by atoms with Crippen LogP contribution in [0.3, 0.4) is 0 Å². The molecule has 1 aromatic carbocycles. The summed E-state index contributed by atoms with van der Waals surface area (Å²) in [5.41, 5.74) is 1.19. The van der Waals surface area contributed by atoms with E-state index in [1.54, 1.807) is 12.0 Å². The number of hydrogen-bond donors (Lipinski definition) is 1. The van der Waals surface area contributed by atoms with E-state index in [2.05, 4.69) is 5.32 Å². The second-order valence-corrected chi connectivity index (χ2v) is 6.10. The summed E-state index contributed by atoms with van der Waals surface area (Å²) in [6, 6.07) is 7.94. The summed E-state index contributed by atoms with van der Waals surface area (Å²) >= 11 is 0. The number of amides is 2. The first kappa shape index (κ1) is 17.6. The number of ether oxygens (including phenoxy) is 2. The van der Waals surface area contributed by atoms with Crippen molar-refractivity contribution in [3.8, 4) is 5.75 Å². The van der Waals surface area contributed by atoms with Gasteiger partial charge in [-0.15, -0.1) is 0 Å². The number of carbonyl (C=O) groups is 1. The van der Waals surface area contributed by atoms with Gasteiger partial charge in [-0.05, 0) is 49.3 Å². The van der Waals surface area contributed by atoms with Crippen molar-refractivity contribution < 1.29 is 14.3 Å². The molecule has 1 heterocycles. The van der Waals surface area contributed by atoms with E-state index in [1.807, 2.05) is 31.3 Å². The summed E-state index contributed by atoms with van der Waals surface area (Å²) in [7, 11) is 3.52. The van der Waals surface area contributed by atoms with Crippen LogP contribution in [0.5, 0.6) is 5.75 Å². The molecule has 0 atom stereocenters. The highest BCUT2D eigenvalue weighted by Gasteiger charge is 2.15. The molecule has 1 fully saturated rings. The molecular formula is C18H28N2O3. The lowest BCUT2D eigenvalue weighted by atomic mass is 9.96. The maximum atomic E-state index is 12.1. The number of carbonyl (C=O) groups excluding carboxylic acids is 1. The first-order chi connectivity index (χ1) is 11.2. The molecule has 128 valence electrons. The lowest BCUT2D eigenvalue weighted by Crippen LogP contribution is -2.39. The zero-order chi connectivity index (χ0) is 16.5. The summed E-state index contributed by atoms with van der Waals surface area (Å²) in [5, 5.41) is 2.98. The largest absolute Gasteiger partial charge is 0.497 e. The second kappa shape index (κ2) is 9.40. The third-order valence-electron chi connectivity index (χ3n) is 4.41. The van der Waals surface area contributed by atoms with Crippen molar-refractivity contribution >= 4 is 6.03 Å². The number of urea groups is 1. The van der Waals surface area contributed by atoms with Crippen LogP contribution in [0.2, 0.25) is 0 Å². The van der Waals surface area contributed by atoms with Gasteiger partial charge in [0.1, 0.15) is 5.75 Å². The van der Waals surface area contributed by atoms with Gasteiger partial charge < -0.3 is 19.7 Å². The molecule has 0 unspecified atom stereocenters. The van der Waals surface area contributed by atoms with Gasteiger partial charge in [0, 0.05) is 33.4 Å². The van der Waals surface area contributed by atoms with Crippen LogP contribution in [0, 0.1) is 5.92 Å². The molecular weight excluding hydrogens is 292 g/mol. The number of benzene rings is 1. The van der Waals surface area contributed by atoms with Crippen molar-refractivity contribution in [1.82, 2.24) is 10.2 Å². The van der Waals surface area contributed by atoms with Gasteiger partial charge in [0.2, 0.25) is 0 Å². The molecule has 2 amide bonds. The number of methoxy groups -OCH3 is 1. The molecule has 5 nitrogen and oxygen atoms in total. The molecule has 0 spiro atoms. The van der Waals surface area contributed by atoms with Gasteiger partial charge in [-0.3, -0.25) is 0 Å². The fourth-order valence-corrected chi connectivity index (χ4v) is 2.75. The van der Waals surface area contributed by atoms with Gasteiger partial charge in [0.15, 0.2) is 0 Å². The standard InChI is InChI=1S/C18H28N2O3/c1-20(12-8-16-9-13-23-14-10-16)18(21)19-11-7-15-3-5-17(22-2)6-4-15/h3-6,16H,7-14H2,1-2H3,(H,19,21). The summed E-state index contributed by atoms with van der Waals surface area (Å²) in [6.07, 6.45) is 4.12. The Morgan fingerprint density at radius 1 is 1.30 bits per heavy atom. The van der Waals surface area contributed by atoms with Gasteiger partial charge in [0.05, 0.1) is 7.11 Å². The molecule has 0 aliphatic carbocycles. The molecule has 23 heavy (non-hydrogen) atoms. The summed E-state index contributed by atoms with van der Waals surface area (Å²) in [5.74, 6) is 1.55. The highest BCUT2D eigenvalue weighted by Crippen LogP contribution is 2.18. The third kappa shape index (κ3) is 6.10. The van der Waals surface area contributed by atoms with Crippen LogP contribution in [0.1, 0.15) is 24.8 Å². The van der Waals surface area contributed by atoms with E-state index in [1.165, 1.54) is 5.56 Å². The summed E-state index contributed by atoms with van der Waals surface area (Å²) in [6.45, 7) is 3.18. The predicted octanol–water partition coefficient (Wildman–Crippen LogP) is 2.70. The quantitative estimate of drug-likeness (QED) is 0.840. The molecule has 0 aromatic heterocycles. The van der Waals surface area contributed by atoms with Gasteiger partial charge in [0.25, 0.3) is 0 Å². The Bertz CT molecular complexity index is 470. The Kier molecular flexibility index (Phi) is 7.20. The predicted molar refractivity (Wildman–Crippen MR) is 90.9 cm³/mol.